The molecule has 0 aromatic carbocycles. The van der Waals surface area contributed by atoms with Crippen LogP contribution in [0.15, 0.2) is 9.85 Å². The molecule has 2 amide bonds. The highest BCUT2D eigenvalue weighted by Gasteiger charge is 2.27. The van der Waals surface area contributed by atoms with Gasteiger partial charge in [-0.3, -0.25) is 14.9 Å². The van der Waals surface area contributed by atoms with E-state index in [1.165, 1.54) is 11.3 Å². The molecule has 1 fully saturated rings. The smallest absolute Gasteiger partial charge is 0.339 e. The van der Waals surface area contributed by atoms with Crippen molar-refractivity contribution >= 4 is 45.1 Å². The van der Waals surface area contributed by atoms with Gasteiger partial charge in [-0.25, -0.2) is 4.79 Å². The highest BCUT2D eigenvalue weighted by molar-refractivity contribution is 9.11. The highest BCUT2D eigenvalue weighted by atomic mass is 79.9. The highest BCUT2D eigenvalue weighted by Crippen LogP contribution is 2.29. The van der Waals surface area contributed by atoms with E-state index in [9.17, 15) is 14.4 Å². The molecule has 126 valence electrons. The number of esters is 1. The Hall–Kier alpha value is -1.25. The number of ether oxygens (including phenoxy) is 1. The van der Waals surface area contributed by atoms with Gasteiger partial charge in [0.1, 0.15) is 5.60 Å². The maximum atomic E-state index is 12.3. The van der Waals surface area contributed by atoms with E-state index in [1.807, 2.05) is 20.8 Å². The van der Waals surface area contributed by atoms with E-state index in [0.717, 1.165) is 8.66 Å². The van der Waals surface area contributed by atoms with Crippen molar-refractivity contribution in [2.45, 2.75) is 51.8 Å². The van der Waals surface area contributed by atoms with Crippen LogP contribution in [0.2, 0.25) is 0 Å². The lowest BCUT2D eigenvalue weighted by Gasteiger charge is -2.22. The molecule has 8 heteroatoms. The van der Waals surface area contributed by atoms with Crippen molar-refractivity contribution in [1.29, 1.82) is 0 Å². The van der Waals surface area contributed by atoms with Crippen molar-refractivity contribution in [3.8, 4) is 0 Å². The summed E-state index contributed by atoms with van der Waals surface area (Å²) in [4.78, 5) is 35.9. The van der Waals surface area contributed by atoms with Crippen LogP contribution >= 0.6 is 27.3 Å². The normalized spacial score (nSPS) is 18.7. The van der Waals surface area contributed by atoms with Gasteiger partial charge in [0.2, 0.25) is 11.8 Å². The first-order valence-corrected chi connectivity index (χ1v) is 8.85. The van der Waals surface area contributed by atoms with E-state index >= 15 is 0 Å². The van der Waals surface area contributed by atoms with Crippen LogP contribution in [0.5, 0.6) is 0 Å². The molecule has 1 saturated heterocycles. The zero-order chi connectivity index (χ0) is 17.2. The predicted octanol–water partition coefficient (Wildman–Crippen LogP) is 2.36. The van der Waals surface area contributed by atoms with E-state index in [1.54, 1.807) is 6.07 Å². The number of carbonyl (C=O) groups excluding carboxylic acids is 3. The van der Waals surface area contributed by atoms with Gasteiger partial charge in [0.25, 0.3) is 0 Å². The van der Waals surface area contributed by atoms with Crippen LogP contribution < -0.4 is 10.6 Å². The number of nitrogens with one attached hydrogen (secondary N) is 2. The number of imide groups is 1. The molecule has 0 aliphatic carbocycles. The third-order valence-corrected chi connectivity index (χ3v) is 4.78. The largest absolute Gasteiger partial charge is 0.456 e. The van der Waals surface area contributed by atoms with E-state index in [0.29, 0.717) is 24.9 Å². The van der Waals surface area contributed by atoms with Crippen LogP contribution in [-0.4, -0.2) is 29.4 Å². The molecule has 2 N–H and O–H groups in total. The number of amides is 2. The molecule has 2 rings (SSSR count). The summed E-state index contributed by atoms with van der Waals surface area (Å²) in [6, 6.07) is 1.29. The third-order valence-electron chi connectivity index (χ3n) is 3.15. The fraction of sp³-hybridized carbons (Fsp3) is 0.533. The Kier molecular flexibility index (Phi) is 5.59. The third kappa shape index (κ3) is 5.12. The van der Waals surface area contributed by atoms with Crippen molar-refractivity contribution in [2.75, 3.05) is 0 Å². The second kappa shape index (κ2) is 7.11. The summed E-state index contributed by atoms with van der Waals surface area (Å²) in [6.45, 7) is 5.80. The van der Waals surface area contributed by atoms with Crippen LogP contribution in [0.1, 0.15) is 48.8 Å². The van der Waals surface area contributed by atoms with Gasteiger partial charge >= 0.3 is 5.97 Å². The zero-order valence-electron chi connectivity index (χ0n) is 13.2. The summed E-state index contributed by atoms with van der Waals surface area (Å²) in [5, 5.41) is 5.40. The van der Waals surface area contributed by atoms with Crippen LogP contribution in [-0.2, 0) is 20.9 Å². The molecular formula is C15H19BrN2O4S. The molecule has 0 saturated carbocycles. The number of hydrogen-bond donors (Lipinski definition) is 2. The molecule has 1 aromatic heterocycles. The summed E-state index contributed by atoms with van der Waals surface area (Å²) < 4.78 is 6.22. The number of rotatable bonds is 4. The number of carbonyl (C=O) groups is 3. The van der Waals surface area contributed by atoms with Gasteiger partial charge in [-0.1, -0.05) is 0 Å². The molecule has 23 heavy (non-hydrogen) atoms. The fourth-order valence-electron chi connectivity index (χ4n) is 2.14. The Labute approximate surface area is 147 Å². The van der Waals surface area contributed by atoms with Gasteiger partial charge in [0, 0.05) is 17.8 Å². The predicted molar refractivity (Wildman–Crippen MR) is 90.2 cm³/mol. The first kappa shape index (κ1) is 18.1. The average molecular weight is 403 g/mol. The maximum Gasteiger partial charge on any atom is 0.339 e. The number of piperidine rings is 1. The summed E-state index contributed by atoms with van der Waals surface area (Å²) in [6.07, 6.45) is 0.773. The van der Waals surface area contributed by atoms with Crippen molar-refractivity contribution < 1.29 is 19.1 Å². The lowest BCUT2D eigenvalue weighted by Crippen LogP contribution is -2.50. The monoisotopic (exact) mass is 402 g/mol. The topological polar surface area (TPSA) is 84.5 Å². The van der Waals surface area contributed by atoms with Gasteiger partial charge in [0.15, 0.2) is 0 Å². The summed E-state index contributed by atoms with van der Waals surface area (Å²) in [5.41, 5.74) is -0.0867. The fourth-order valence-corrected chi connectivity index (χ4v) is 3.77. The molecule has 1 atom stereocenters. The van der Waals surface area contributed by atoms with E-state index in [-0.39, 0.29) is 17.8 Å². The van der Waals surface area contributed by atoms with E-state index < -0.39 is 11.6 Å². The molecule has 1 aliphatic rings. The second-order valence-electron chi connectivity index (χ2n) is 6.27. The average Bonchev–Trinajstić information content (AvgIpc) is 2.77. The lowest BCUT2D eigenvalue weighted by atomic mass is 10.1. The van der Waals surface area contributed by atoms with Crippen LogP contribution in [0.25, 0.3) is 0 Å². The summed E-state index contributed by atoms with van der Waals surface area (Å²) in [7, 11) is 0. The number of halogens is 1. The molecule has 1 aliphatic heterocycles. The van der Waals surface area contributed by atoms with Gasteiger partial charge < -0.3 is 10.1 Å². The van der Waals surface area contributed by atoms with Crippen LogP contribution in [0, 0.1) is 0 Å². The summed E-state index contributed by atoms with van der Waals surface area (Å²) in [5.74, 6) is -0.962. The van der Waals surface area contributed by atoms with Gasteiger partial charge in [0.05, 0.1) is 15.4 Å². The minimum Gasteiger partial charge on any atom is -0.456 e. The van der Waals surface area contributed by atoms with Crippen molar-refractivity contribution in [3.05, 3.63) is 20.3 Å². The van der Waals surface area contributed by atoms with Crippen molar-refractivity contribution in [3.63, 3.8) is 0 Å². The maximum absolute atomic E-state index is 12.3. The lowest BCUT2D eigenvalue weighted by molar-refractivity contribution is -0.134. The summed E-state index contributed by atoms with van der Waals surface area (Å²) >= 11 is 4.79. The van der Waals surface area contributed by atoms with Crippen LogP contribution in [0.4, 0.5) is 0 Å². The first-order valence-electron chi connectivity index (χ1n) is 7.24. The molecule has 1 aromatic rings. The molecule has 6 nitrogen and oxygen atoms in total. The number of thiophene rings is 1. The van der Waals surface area contributed by atoms with E-state index in [2.05, 4.69) is 26.6 Å². The van der Waals surface area contributed by atoms with Crippen molar-refractivity contribution in [1.82, 2.24) is 10.6 Å². The van der Waals surface area contributed by atoms with Gasteiger partial charge in [-0.05, 0) is 49.2 Å². The quantitative estimate of drug-likeness (QED) is 0.596. The Morgan fingerprint density at radius 2 is 2.17 bits per heavy atom. The van der Waals surface area contributed by atoms with Crippen molar-refractivity contribution in [2.24, 2.45) is 0 Å². The Morgan fingerprint density at radius 1 is 1.48 bits per heavy atom. The molecule has 1 unspecified atom stereocenters. The molecule has 0 spiro atoms. The second-order valence-corrected chi connectivity index (χ2v) is 8.79. The van der Waals surface area contributed by atoms with Crippen LogP contribution in [0.3, 0.4) is 0 Å². The minimum absolute atomic E-state index is 0.249. The molecule has 0 radical (unpaired) electrons. The minimum atomic E-state index is -0.570. The number of hydrogen-bond acceptors (Lipinski definition) is 6. The molecule has 2 heterocycles. The van der Waals surface area contributed by atoms with E-state index in [4.69, 9.17) is 4.74 Å². The van der Waals surface area contributed by atoms with Gasteiger partial charge in [-0.15, -0.1) is 11.3 Å². The first-order chi connectivity index (χ1) is 10.7. The zero-order valence-corrected chi connectivity index (χ0v) is 15.6. The molecular weight excluding hydrogens is 384 g/mol. The Bertz CT molecular complexity index is 636. The van der Waals surface area contributed by atoms with Gasteiger partial charge in [-0.2, -0.15) is 0 Å². The standard InChI is InChI=1S/C15H19BrN2O4S/c1-15(2,3)22-14(21)8-6-11(16)23-10(8)7-17-9-4-5-12(19)18-13(9)20/h6,9,17H,4-5,7H2,1-3H3,(H,18,19,20). The Balaban J connectivity index is 2.04. The SMILES string of the molecule is CC(C)(C)OC(=O)c1cc(Br)sc1CNC1CCC(=O)NC1=O. The Morgan fingerprint density at radius 3 is 2.78 bits per heavy atom. The molecule has 0 bridgehead atoms.